The first-order chi connectivity index (χ1) is 8.24. The molecule has 3 N–H and O–H groups in total. The molecule has 4 heteroatoms. The minimum atomic E-state index is 0.716. The van der Waals surface area contributed by atoms with E-state index in [2.05, 4.69) is 10.2 Å². The summed E-state index contributed by atoms with van der Waals surface area (Å²) < 4.78 is 0. The van der Waals surface area contributed by atoms with E-state index in [4.69, 9.17) is 17.3 Å². The zero-order chi connectivity index (χ0) is 11.8. The fraction of sp³-hybridized carbons (Fsp3) is 0. The molecule has 0 aliphatic heterocycles. The van der Waals surface area contributed by atoms with Crippen LogP contribution in [0.2, 0.25) is 5.02 Å². The molecule has 1 heterocycles. The zero-order valence-electron chi connectivity index (χ0n) is 8.94. The molecule has 0 saturated carbocycles. The molecule has 0 saturated heterocycles. The number of nitrogens with one attached hydrogen (secondary N) is 1. The Morgan fingerprint density at radius 2 is 1.82 bits per heavy atom. The number of aromatic amines is 1. The minimum Gasteiger partial charge on any atom is -0.399 e. The van der Waals surface area contributed by atoms with Crippen LogP contribution < -0.4 is 5.73 Å². The normalized spacial score (nSPS) is 10.9. The SMILES string of the molecule is Nc1ccc2[nH]nc(-c3ccc(Cl)cc3)c2c1. The Balaban J connectivity index is 2.23. The standard InChI is InChI=1S/C13H10ClN3/c14-9-3-1-8(2-4-9)13-11-7-10(15)5-6-12(11)16-17-13/h1-7H,15H2,(H,16,17). The van der Waals surface area contributed by atoms with Crippen LogP contribution in [0.15, 0.2) is 42.5 Å². The molecule has 0 fully saturated rings. The Hall–Kier alpha value is -2.00. The fourth-order valence-corrected chi connectivity index (χ4v) is 1.99. The molecule has 0 atom stereocenters. The van der Waals surface area contributed by atoms with Gasteiger partial charge in [0.2, 0.25) is 0 Å². The lowest BCUT2D eigenvalue weighted by atomic mass is 10.1. The lowest BCUT2D eigenvalue weighted by molar-refractivity contribution is 1.12. The third kappa shape index (κ3) is 1.74. The molecule has 0 radical (unpaired) electrons. The Labute approximate surface area is 103 Å². The highest BCUT2D eigenvalue weighted by Crippen LogP contribution is 2.28. The van der Waals surface area contributed by atoms with Crippen molar-refractivity contribution in [2.45, 2.75) is 0 Å². The predicted molar refractivity (Wildman–Crippen MR) is 71.0 cm³/mol. The summed E-state index contributed by atoms with van der Waals surface area (Å²) >= 11 is 5.87. The maximum Gasteiger partial charge on any atom is 0.1000 e. The topological polar surface area (TPSA) is 54.7 Å². The van der Waals surface area contributed by atoms with Gasteiger partial charge in [-0.05, 0) is 30.3 Å². The summed E-state index contributed by atoms with van der Waals surface area (Å²) in [7, 11) is 0. The Morgan fingerprint density at radius 1 is 1.06 bits per heavy atom. The Morgan fingerprint density at radius 3 is 2.59 bits per heavy atom. The second-order valence-electron chi connectivity index (χ2n) is 3.88. The molecule has 0 unspecified atom stereocenters. The van der Waals surface area contributed by atoms with Crippen molar-refractivity contribution in [2.75, 3.05) is 5.73 Å². The van der Waals surface area contributed by atoms with E-state index < -0.39 is 0 Å². The predicted octanol–water partition coefficient (Wildman–Crippen LogP) is 3.47. The number of nitrogens with zero attached hydrogens (tertiary/aromatic N) is 1. The number of nitrogens with two attached hydrogens (primary N) is 1. The molecule has 0 bridgehead atoms. The summed E-state index contributed by atoms with van der Waals surface area (Å²) in [4.78, 5) is 0. The van der Waals surface area contributed by atoms with Crippen LogP contribution in [0.5, 0.6) is 0 Å². The van der Waals surface area contributed by atoms with Crippen LogP contribution in [-0.2, 0) is 0 Å². The number of hydrogen-bond acceptors (Lipinski definition) is 2. The van der Waals surface area contributed by atoms with Gasteiger partial charge in [-0.25, -0.2) is 0 Å². The van der Waals surface area contributed by atoms with Crippen LogP contribution >= 0.6 is 11.6 Å². The van der Waals surface area contributed by atoms with Crippen LogP contribution in [0.4, 0.5) is 5.69 Å². The van der Waals surface area contributed by atoms with Gasteiger partial charge in [-0.3, -0.25) is 5.10 Å². The maximum absolute atomic E-state index is 5.87. The number of anilines is 1. The highest BCUT2D eigenvalue weighted by atomic mass is 35.5. The molecular formula is C13H10ClN3. The smallest absolute Gasteiger partial charge is 0.1000 e. The number of rotatable bonds is 1. The van der Waals surface area contributed by atoms with Crippen molar-refractivity contribution in [3.05, 3.63) is 47.5 Å². The van der Waals surface area contributed by atoms with Gasteiger partial charge >= 0.3 is 0 Å². The number of fused-ring (bicyclic) bond motifs is 1. The first-order valence-electron chi connectivity index (χ1n) is 5.23. The van der Waals surface area contributed by atoms with Gasteiger partial charge in [0.05, 0.1) is 11.2 Å². The Kier molecular flexibility index (Phi) is 2.27. The van der Waals surface area contributed by atoms with Crippen molar-refractivity contribution in [2.24, 2.45) is 0 Å². The number of H-pyrrole nitrogens is 1. The number of halogens is 1. The average molecular weight is 244 g/mol. The molecule has 3 aromatic rings. The third-order valence-corrected chi connectivity index (χ3v) is 2.96. The van der Waals surface area contributed by atoms with Gasteiger partial charge in [0.25, 0.3) is 0 Å². The van der Waals surface area contributed by atoms with Crippen molar-refractivity contribution in [1.82, 2.24) is 10.2 Å². The van der Waals surface area contributed by atoms with Crippen LogP contribution in [0.25, 0.3) is 22.2 Å². The lowest BCUT2D eigenvalue weighted by Gasteiger charge is -1.99. The number of aromatic nitrogens is 2. The molecule has 3 rings (SSSR count). The summed E-state index contributed by atoms with van der Waals surface area (Å²) in [5, 5.41) is 9.04. The quantitative estimate of drug-likeness (QED) is 0.643. The second-order valence-corrected chi connectivity index (χ2v) is 4.32. The fourth-order valence-electron chi connectivity index (χ4n) is 1.86. The van der Waals surface area contributed by atoms with Gasteiger partial charge in [0, 0.05) is 21.7 Å². The molecule has 84 valence electrons. The molecular weight excluding hydrogens is 234 g/mol. The average Bonchev–Trinajstić information content (AvgIpc) is 2.73. The van der Waals surface area contributed by atoms with E-state index in [1.165, 1.54) is 0 Å². The number of benzene rings is 2. The third-order valence-electron chi connectivity index (χ3n) is 2.70. The van der Waals surface area contributed by atoms with Crippen LogP contribution in [-0.4, -0.2) is 10.2 Å². The Bertz CT molecular complexity index is 671. The van der Waals surface area contributed by atoms with Crippen LogP contribution in [0, 0.1) is 0 Å². The van der Waals surface area contributed by atoms with Gasteiger partial charge < -0.3 is 5.73 Å². The van der Waals surface area contributed by atoms with Crippen molar-refractivity contribution >= 4 is 28.2 Å². The summed E-state index contributed by atoms with van der Waals surface area (Å²) in [6, 6.07) is 13.3. The molecule has 17 heavy (non-hydrogen) atoms. The van der Waals surface area contributed by atoms with Crippen LogP contribution in [0.3, 0.4) is 0 Å². The number of hydrogen-bond donors (Lipinski definition) is 2. The highest BCUT2D eigenvalue weighted by Gasteiger charge is 2.07. The summed E-state index contributed by atoms with van der Waals surface area (Å²) in [5.41, 5.74) is 9.41. The van der Waals surface area contributed by atoms with Crippen molar-refractivity contribution in [3.8, 4) is 11.3 Å². The maximum atomic E-state index is 5.87. The van der Waals surface area contributed by atoms with Gasteiger partial charge in [-0.15, -0.1) is 0 Å². The molecule has 0 amide bonds. The molecule has 2 aromatic carbocycles. The van der Waals surface area contributed by atoms with Gasteiger partial charge in [0.1, 0.15) is 0 Å². The first-order valence-corrected chi connectivity index (χ1v) is 5.61. The zero-order valence-corrected chi connectivity index (χ0v) is 9.70. The summed E-state index contributed by atoms with van der Waals surface area (Å²) in [5.74, 6) is 0. The lowest BCUT2D eigenvalue weighted by Crippen LogP contribution is -1.83. The van der Waals surface area contributed by atoms with Gasteiger partial charge in [-0.2, -0.15) is 5.10 Å². The van der Waals surface area contributed by atoms with E-state index in [1.807, 2.05) is 42.5 Å². The van der Waals surface area contributed by atoms with Crippen molar-refractivity contribution < 1.29 is 0 Å². The molecule has 0 aliphatic rings. The van der Waals surface area contributed by atoms with E-state index in [-0.39, 0.29) is 0 Å². The van der Waals surface area contributed by atoms with E-state index in [1.54, 1.807) is 0 Å². The monoisotopic (exact) mass is 243 g/mol. The molecule has 3 nitrogen and oxygen atoms in total. The van der Waals surface area contributed by atoms with Crippen molar-refractivity contribution in [3.63, 3.8) is 0 Å². The molecule has 0 spiro atoms. The van der Waals surface area contributed by atoms with Crippen LogP contribution in [0.1, 0.15) is 0 Å². The molecule has 1 aromatic heterocycles. The van der Waals surface area contributed by atoms with E-state index in [9.17, 15) is 0 Å². The minimum absolute atomic E-state index is 0.716. The van der Waals surface area contributed by atoms with E-state index in [0.717, 1.165) is 27.8 Å². The molecule has 0 aliphatic carbocycles. The van der Waals surface area contributed by atoms with E-state index >= 15 is 0 Å². The summed E-state index contributed by atoms with van der Waals surface area (Å²) in [6.07, 6.45) is 0. The largest absolute Gasteiger partial charge is 0.399 e. The van der Waals surface area contributed by atoms with Gasteiger partial charge in [0.15, 0.2) is 0 Å². The van der Waals surface area contributed by atoms with Gasteiger partial charge in [-0.1, -0.05) is 23.7 Å². The number of nitrogen functional groups attached to an aromatic ring is 1. The first kappa shape index (κ1) is 10.2. The van der Waals surface area contributed by atoms with Crippen molar-refractivity contribution in [1.29, 1.82) is 0 Å². The summed E-state index contributed by atoms with van der Waals surface area (Å²) in [6.45, 7) is 0. The van der Waals surface area contributed by atoms with E-state index in [0.29, 0.717) is 5.02 Å². The highest BCUT2D eigenvalue weighted by molar-refractivity contribution is 6.30. The second kappa shape index (κ2) is 3.79.